The Bertz CT molecular complexity index is 1230. The lowest BCUT2D eigenvalue weighted by Crippen LogP contribution is -2.40. The van der Waals surface area contributed by atoms with E-state index in [0.717, 1.165) is 11.9 Å². The Kier molecular flexibility index (Phi) is 6.45. The third-order valence-corrected chi connectivity index (χ3v) is 7.20. The van der Waals surface area contributed by atoms with E-state index in [4.69, 9.17) is 9.47 Å². The van der Waals surface area contributed by atoms with E-state index in [0.29, 0.717) is 44.2 Å². The van der Waals surface area contributed by atoms with E-state index in [1.54, 1.807) is 30.3 Å². The van der Waals surface area contributed by atoms with Crippen LogP contribution in [-0.4, -0.2) is 59.7 Å². The summed E-state index contributed by atoms with van der Waals surface area (Å²) in [5.74, 6) is -0.308. The highest BCUT2D eigenvalue weighted by Gasteiger charge is 2.27. The maximum Gasteiger partial charge on any atom is 0.342 e. The summed E-state index contributed by atoms with van der Waals surface area (Å²) >= 11 is 0. The normalized spacial score (nSPS) is 15.2. The molecule has 0 atom stereocenters. The third kappa shape index (κ3) is 4.34. The number of nitrogens with zero attached hydrogens (tertiary/aromatic N) is 3. The van der Waals surface area contributed by atoms with E-state index in [9.17, 15) is 18.3 Å². The number of morpholine rings is 1. The molecule has 1 N–H and O–H groups in total. The Morgan fingerprint density at radius 3 is 2.66 bits per heavy atom. The first-order valence-corrected chi connectivity index (χ1v) is 11.9. The van der Waals surface area contributed by atoms with Crippen molar-refractivity contribution in [2.24, 2.45) is 0 Å². The monoisotopic (exact) mass is 459 g/mol. The number of aromatic hydroxyl groups is 1. The highest BCUT2D eigenvalue weighted by atomic mass is 32.2. The Morgan fingerprint density at radius 2 is 1.94 bits per heavy atom. The maximum atomic E-state index is 13.0. The van der Waals surface area contributed by atoms with Gasteiger partial charge in [-0.05, 0) is 36.8 Å². The van der Waals surface area contributed by atoms with Gasteiger partial charge in [0, 0.05) is 19.6 Å². The van der Waals surface area contributed by atoms with Crippen LogP contribution in [0.5, 0.6) is 5.75 Å². The highest BCUT2D eigenvalue weighted by molar-refractivity contribution is 7.89. The zero-order valence-corrected chi connectivity index (χ0v) is 18.5. The first-order chi connectivity index (χ1) is 15.4. The molecule has 2 heterocycles. The van der Waals surface area contributed by atoms with Crippen LogP contribution in [0.4, 0.5) is 0 Å². The number of aryl methyl sites for hydroxylation is 1. The zero-order valence-electron chi connectivity index (χ0n) is 17.7. The van der Waals surface area contributed by atoms with E-state index >= 15 is 0 Å². The van der Waals surface area contributed by atoms with Gasteiger partial charge in [-0.15, -0.1) is 0 Å². The second-order valence-electron chi connectivity index (χ2n) is 7.44. The fourth-order valence-corrected chi connectivity index (χ4v) is 5.12. The van der Waals surface area contributed by atoms with E-state index in [1.807, 2.05) is 11.5 Å². The molecule has 0 aliphatic carbocycles. The SMILES string of the molecule is CCCn1c(COC(=O)c2ccccc2O)nc2cc(S(=O)(=O)N3CCOCC3)ccc21. The second-order valence-corrected chi connectivity index (χ2v) is 9.38. The minimum atomic E-state index is -3.64. The van der Waals surface area contributed by atoms with E-state index in [1.165, 1.54) is 16.4 Å². The molecule has 1 saturated heterocycles. The van der Waals surface area contributed by atoms with Gasteiger partial charge in [0.1, 0.15) is 23.7 Å². The lowest BCUT2D eigenvalue weighted by Gasteiger charge is -2.26. The molecule has 1 fully saturated rings. The molecule has 1 aliphatic rings. The van der Waals surface area contributed by atoms with Gasteiger partial charge >= 0.3 is 5.97 Å². The van der Waals surface area contributed by atoms with Crippen LogP contribution >= 0.6 is 0 Å². The first-order valence-electron chi connectivity index (χ1n) is 10.4. The van der Waals surface area contributed by atoms with Crippen molar-refractivity contribution in [2.75, 3.05) is 26.3 Å². The molecule has 0 amide bonds. The van der Waals surface area contributed by atoms with Gasteiger partial charge in [-0.1, -0.05) is 19.1 Å². The number of hydrogen-bond acceptors (Lipinski definition) is 7. The van der Waals surface area contributed by atoms with Gasteiger partial charge in [-0.3, -0.25) is 0 Å². The molecular formula is C22H25N3O6S. The summed E-state index contributed by atoms with van der Waals surface area (Å²) in [6.45, 7) is 3.93. The smallest absolute Gasteiger partial charge is 0.342 e. The molecule has 0 saturated carbocycles. The number of carbonyl (C=O) groups excluding carboxylic acids is 1. The molecular weight excluding hydrogens is 434 g/mol. The molecule has 0 spiro atoms. The second kappa shape index (κ2) is 9.27. The summed E-state index contributed by atoms with van der Waals surface area (Å²) in [4.78, 5) is 17.1. The highest BCUT2D eigenvalue weighted by Crippen LogP contribution is 2.25. The summed E-state index contributed by atoms with van der Waals surface area (Å²) in [5.41, 5.74) is 1.35. The number of fused-ring (bicyclic) bond motifs is 1. The third-order valence-electron chi connectivity index (χ3n) is 5.31. The molecule has 1 aromatic heterocycles. The minimum Gasteiger partial charge on any atom is -0.507 e. The van der Waals surface area contributed by atoms with Gasteiger partial charge in [0.15, 0.2) is 0 Å². The number of phenolic OH excluding ortho intramolecular Hbond substituents is 1. The number of sulfonamides is 1. The molecule has 10 heteroatoms. The number of imidazole rings is 1. The molecule has 4 rings (SSSR count). The van der Waals surface area contributed by atoms with Crippen LogP contribution in [0.25, 0.3) is 11.0 Å². The Balaban J connectivity index is 1.62. The van der Waals surface area contributed by atoms with Crippen LogP contribution in [0.3, 0.4) is 0 Å². The molecule has 170 valence electrons. The van der Waals surface area contributed by atoms with Crippen LogP contribution in [0.15, 0.2) is 47.4 Å². The number of carbonyl (C=O) groups is 1. The average Bonchev–Trinajstić information content (AvgIpc) is 3.15. The fraction of sp³-hybridized carbons (Fsp3) is 0.364. The van der Waals surface area contributed by atoms with Crippen molar-refractivity contribution < 1.29 is 27.8 Å². The van der Waals surface area contributed by atoms with Crippen molar-refractivity contribution in [1.29, 1.82) is 0 Å². The van der Waals surface area contributed by atoms with Crippen LogP contribution < -0.4 is 0 Å². The van der Waals surface area contributed by atoms with Crippen LogP contribution in [0.2, 0.25) is 0 Å². The summed E-state index contributed by atoms with van der Waals surface area (Å²) in [5, 5.41) is 9.86. The average molecular weight is 460 g/mol. The summed E-state index contributed by atoms with van der Waals surface area (Å²) < 4.78 is 40.0. The number of hydrogen-bond donors (Lipinski definition) is 1. The van der Waals surface area contributed by atoms with Gasteiger partial charge in [0.2, 0.25) is 10.0 Å². The number of ether oxygens (including phenoxy) is 2. The van der Waals surface area contributed by atoms with E-state index < -0.39 is 16.0 Å². The standard InChI is InChI=1S/C22H25N3O6S/c1-2-9-25-19-8-7-16(32(28,29)24-10-12-30-13-11-24)14-18(19)23-21(25)15-31-22(27)17-5-3-4-6-20(17)26/h3-8,14,26H,2,9-13,15H2,1H3. The summed E-state index contributed by atoms with van der Waals surface area (Å²) in [6.07, 6.45) is 0.819. The van der Waals surface area contributed by atoms with E-state index in [-0.39, 0.29) is 22.8 Å². The Hall–Kier alpha value is -2.95. The number of aromatic nitrogens is 2. The molecule has 0 bridgehead atoms. The van der Waals surface area contributed by atoms with E-state index in [2.05, 4.69) is 4.98 Å². The maximum absolute atomic E-state index is 13.0. The lowest BCUT2D eigenvalue weighted by molar-refractivity contribution is 0.0455. The topological polar surface area (TPSA) is 111 Å². The number of esters is 1. The van der Waals surface area contributed by atoms with Crippen LogP contribution in [0.1, 0.15) is 29.5 Å². The van der Waals surface area contributed by atoms with Crippen molar-refractivity contribution in [1.82, 2.24) is 13.9 Å². The summed E-state index contributed by atoms with van der Waals surface area (Å²) in [6, 6.07) is 11.0. The quantitative estimate of drug-likeness (QED) is 0.541. The molecule has 3 aromatic rings. The Morgan fingerprint density at radius 1 is 1.19 bits per heavy atom. The summed E-state index contributed by atoms with van der Waals surface area (Å²) in [7, 11) is -3.64. The van der Waals surface area contributed by atoms with Crippen molar-refractivity contribution in [3.05, 3.63) is 53.9 Å². The lowest BCUT2D eigenvalue weighted by atomic mass is 10.2. The van der Waals surface area contributed by atoms with Gasteiger partial charge in [-0.2, -0.15) is 4.31 Å². The Labute approximate surface area is 186 Å². The van der Waals surface area contributed by atoms with Gasteiger partial charge in [-0.25, -0.2) is 18.2 Å². The largest absolute Gasteiger partial charge is 0.507 e. The zero-order chi connectivity index (χ0) is 22.7. The molecule has 9 nitrogen and oxygen atoms in total. The van der Waals surface area contributed by atoms with Crippen LogP contribution in [-0.2, 0) is 32.6 Å². The van der Waals surface area contributed by atoms with Gasteiger partial charge in [0.05, 0.1) is 29.1 Å². The first kappa shape index (κ1) is 22.3. The molecule has 32 heavy (non-hydrogen) atoms. The molecule has 0 radical (unpaired) electrons. The fourth-order valence-electron chi connectivity index (χ4n) is 3.69. The number of para-hydroxylation sites is 1. The minimum absolute atomic E-state index is 0.0737. The number of rotatable bonds is 7. The van der Waals surface area contributed by atoms with Crippen molar-refractivity contribution >= 4 is 27.0 Å². The molecule has 1 aliphatic heterocycles. The van der Waals surface area contributed by atoms with Gasteiger partial charge < -0.3 is 19.1 Å². The predicted molar refractivity (Wildman–Crippen MR) is 117 cm³/mol. The van der Waals surface area contributed by atoms with Crippen LogP contribution in [0, 0.1) is 0 Å². The van der Waals surface area contributed by atoms with Crippen molar-refractivity contribution in [3.8, 4) is 5.75 Å². The number of phenols is 1. The van der Waals surface area contributed by atoms with Gasteiger partial charge in [0.25, 0.3) is 0 Å². The predicted octanol–water partition coefficient (Wildman–Crippen LogP) is 2.53. The van der Waals surface area contributed by atoms with Crippen molar-refractivity contribution in [3.63, 3.8) is 0 Å². The molecule has 0 unspecified atom stereocenters. The number of benzene rings is 2. The molecule has 2 aromatic carbocycles. The van der Waals surface area contributed by atoms with Crippen molar-refractivity contribution in [2.45, 2.75) is 31.4 Å².